The van der Waals surface area contributed by atoms with Crippen molar-refractivity contribution in [3.05, 3.63) is 54.7 Å². The van der Waals surface area contributed by atoms with Gasteiger partial charge >= 0.3 is 11.8 Å². The fourth-order valence-corrected chi connectivity index (χ4v) is 2.81. The standard InChI is InChI=1S/C18H18N4O3/c23-17(19-12-15-4-3-11-24-15)18-20-16(21-25-18)13-5-7-14(8-6-13)22-9-1-2-10-22/h1-2,5-10,15H,3-4,11-12H2,(H,19,23)/t15-/m1/s1. The maximum absolute atomic E-state index is 12.1. The van der Waals surface area contributed by atoms with Crippen molar-refractivity contribution >= 4 is 5.91 Å². The number of carbonyl (C=O) groups is 1. The first-order valence-corrected chi connectivity index (χ1v) is 8.27. The summed E-state index contributed by atoms with van der Waals surface area (Å²) in [7, 11) is 0. The minimum atomic E-state index is -0.377. The molecule has 0 aliphatic carbocycles. The molecule has 1 fully saturated rings. The minimum absolute atomic E-state index is 0.0394. The average molecular weight is 338 g/mol. The number of carbonyl (C=O) groups excluding carboxylic acids is 1. The molecule has 0 radical (unpaired) electrons. The number of hydrogen-bond donors (Lipinski definition) is 1. The van der Waals surface area contributed by atoms with Crippen LogP contribution in [0.5, 0.6) is 0 Å². The SMILES string of the molecule is O=C(NC[C@H]1CCCO1)c1nc(-c2ccc(-n3cccc3)cc2)no1. The molecule has 0 saturated carbocycles. The zero-order chi connectivity index (χ0) is 17.1. The Morgan fingerprint density at radius 3 is 2.76 bits per heavy atom. The van der Waals surface area contributed by atoms with Crippen LogP contribution >= 0.6 is 0 Å². The minimum Gasteiger partial charge on any atom is -0.376 e. The molecule has 0 unspecified atom stereocenters. The number of ether oxygens (including phenoxy) is 1. The van der Waals surface area contributed by atoms with E-state index in [0.29, 0.717) is 12.4 Å². The van der Waals surface area contributed by atoms with Crippen molar-refractivity contribution in [1.82, 2.24) is 20.0 Å². The molecule has 3 aromatic rings. The van der Waals surface area contributed by atoms with Gasteiger partial charge in [0.15, 0.2) is 0 Å². The van der Waals surface area contributed by atoms with E-state index in [2.05, 4.69) is 15.5 Å². The first-order chi connectivity index (χ1) is 12.3. The van der Waals surface area contributed by atoms with E-state index in [1.54, 1.807) is 0 Å². The lowest BCUT2D eigenvalue weighted by Crippen LogP contribution is -2.31. The molecule has 1 N–H and O–H groups in total. The third kappa shape index (κ3) is 3.46. The van der Waals surface area contributed by atoms with E-state index in [9.17, 15) is 4.79 Å². The molecule has 1 aliphatic rings. The number of rotatable bonds is 5. The first kappa shape index (κ1) is 15.6. The summed E-state index contributed by atoms with van der Waals surface area (Å²) in [6, 6.07) is 11.7. The highest BCUT2D eigenvalue weighted by molar-refractivity contribution is 5.89. The number of nitrogens with zero attached hydrogens (tertiary/aromatic N) is 3. The zero-order valence-electron chi connectivity index (χ0n) is 13.6. The molecule has 1 saturated heterocycles. The van der Waals surface area contributed by atoms with E-state index in [0.717, 1.165) is 30.7 Å². The Hall–Kier alpha value is -2.93. The summed E-state index contributed by atoms with van der Waals surface area (Å²) in [5.41, 5.74) is 1.82. The molecule has 25 heavy (non-hydrogen) atoms. The zero-order valence-corrected chi connectivity index (χ0v) is 13.6. The quantitative estimate of drug-likeness (QED) is 0.773. The lowest BCUT2D eigenvalue weighted by molar-refractivity contribution is 0.0822. The Morgan fingerprint density at radius 1 is 1.24 bits per heavy atom. The van der Waals surface area contributed by atoms with Crippen LogP contribution in [0.3, 0.4) is 0 Å². The molecule has 128 valence electrons. The van der Waals surface area contributed by atoms with Crippen LogP contribution in [0.25, 0.3) is 17.1 Å². The Bertz CT molecular complexity index is 834. The normalized spacial score (nSPS) is 16.9. The molecule has 1 aliphatic heterocycles. The van der Waals surface area contributed by atoms with Gasteiger partial charge in [-0.1, -0.05) is 5.16 Å². The fraction of sp³-hybridized carbons (Fsp3) is 0.278. The van der Waals surface area contributed by atoms with Gasteiger partial charge in [0, 0.05) is 36.8 Å². The summed E-state index contributed by atoms with van der Waals surface area (Å²) >= 11 is 0. The van der Waals surface area contributed by atoms with Gasteiger partial charge in [-0.3, -0.25) is 4.79 Å². The molecule has 3 heterocycles. The van der Waals surface area contributed by atoms with Crippen LogP contribution < -0.4 is 5.32 Å². The maximum atomic E-state index is 12.1. The Morgan fingerprint density at radius 2 is 2.04 bits per heavy atom. The molecule has 0 bridgehead atoms. The molecule has 0 spiro atoms. The molecule has 7 nitrogen and oxygen atoms in total. The van der Waals surface area contributed by atoms with Gasteiger partial charge in [-0.2, -0.15) is 4.98 Å². The largest absolute Gasteiger partial charge is 0.376 e. The van der Waals surface area contributed by atoms with Gasteiger partial charge in [0.25, 0.3) is 0 Å². The third-order valence-corrected chi connectivity index (χ3v) is 4.16. The second-order valence-corrected chi connectivity index (χ2v) is 5.91. The topological polar surface area (TPSA) is 82.2 Å². The van der Waals surface area contributed by atoms with Crippen molar-refractivity contribution in [3.63, 3.8) is 0 Å². The second kappa shape index (κ2) is 6.90. The molecule has 4 rings (SSSR count). The number of aromatic nitrogens is 3. The van der Waals surface area contributed by atoms with Crippen molar-refractivity contribution in [3.8, 4) is 17.1 Å². The van der Waals surface area contributed by atoms with E-state index in [1.165, 1.54) is 0 Å². The number of amides is 1. The van der Waals surface area contributed by atoms with Crippen molar-refractivity contribution in [2.75, 3.05) is 13.2 Å². The molecular weight excluding hydrogens is 320 g/mol. The first-order valence-electron chi connectivity index (χ1n) is 8.27. The summed E-state index contributed by atoms with van der Waals surface area (Å²) < 4.78 is 12.6. The lowest BCUT2D eigenvalue weighted by Gasteiger charge is -2.08. The molecular formula is C18H18N4O3. The summed E-state index contributed by atoms with van der Waals surface area (Å²) in [6.45, 7) is 1.21. The molecule has 2 aromatic heterocycles. The molecule has 1 atom stereocenters. The highest BCUT2D eigenvalue weighted by atomic mass is 16.5. The Kier molecular flexibility index (Phi) is 4.30. The van der Waals surface area contributed by atoms with Gasteiger partial charge in [-0.15, -0.1) is 0 Å². The predicted octanol–water partition coefficient (Wildman–Crippen LogP) is 2.44. The van der Waals surface area contributed by atoms with Crippen LogP contribution in [-0.2, 0) is 4.74 Å². The van der Waals surface area contributed by atoms with Gasteiger partial charge in [-0.25, -0.2) is 0 Å². The monoisotopic (exact) mass is 338 g/mol. The molecule has 7 heteroatoms. The van der Waals surface area contributed by atoms with Gasteiger partial charge in [0.05, 0.1) is 6.10 Å². The number of hydrogen-bond acceptors (Lipinski definition) is 5. The van der Waals surface area contributed by atoms with E-state index in [1.807, 2.05) is 53.4 Å². The van der Waals surface area contributed by atoms with Crippen molar-refractivity contribution < 1.29 is 14.1 Å². The van der Waals surface area contributed by atoms with E-state index < -0.39 is 0 Å². The lowest BCUT2D eigenvalue weighted by atomic mass is 10.2. The highest BCUT2D eigenvalue weighted by Gasteiger charge is 2.20. The number of nitrogens with one attached hydrogen (secondary N) is 1. The summed E-state index contributed by atoms with van der Waals surface area (Å²) in [5, 5.41) is 6.66. The van der Waals surface area contributed by atoms with E-state index >= 15 is 0 Å². The Balaban J connectivity index is 1.42. The smallest absolute Gasteiger partial charge is 0.316 e. The van der Waals surface area contributed by atoms with Gasteiger partial charge in [-0.05, 0) is 49.2 Å². The number of benzene rings is 1. The predicted molar refractivity (Wildman–Crippen MR) is 90.4 cm³/mol. The van der Waals surface area contributed by atoms with E-state index in [4.69, 9.17) is 9.26 Å². The maximum Gasteiger partial charge on any atom is 0.316 e. The van der Waals surface area contributed by atoms with Crippen LogP contribution in [0, 0.1) is 0 Å². The highest BCUT2D eigenvalue weighted by Crippen LogP contribution is 2.18. The second-order valence-electron chi connectivity index (χ2n) is 5.91. The van der Waals surface area contributed by atoms with Crippen LogP contribution in [0.2, 0.25) is 0 Å². The van der Waals surface area contributed by atoms with Gasteiger partial charge in [0.1, 0.15) is 0 Å². The van der Waals surface area contributed by atoms with Crippen LogP contribution in [0.15, 0.2) is 53.3 Å². The van der Waals surface area contributed by atoms with Crippen molar-refractivity contribution in [2.24, 2.45) is 0 Å². The Labute approximate surface area is 144 Å². The average Bonchev–Trinajstić information content (AvgIpc) is 3.42. The van der Waals surface area contributed by atoms with Crippen molar-refractivity contribution in [2.45, 2.75) is 18.9 Å². The van der Waals surface area contributed by atoms with Gasteiger partial charge in [0.2, 0.25) is 5.82 Å². The van der Waals surface area contributed by atoms with Crippen LogP contribution in [0.1, 0.15) is 23.5 Å². The third-order valence-electron chi connectivity index (χ3n) is 4.16. The van der Waals surface area contributed by atoms with E-state index in [-0.39, 0.29) is 17.9 Å². The molecule has 1 aromatic carbocycles. The molecule has 1 amide bonds. The van der Waals surface area contributed by atoms with Gasteiger partial charge < -0.3 is 19.1 Å². The summed E-state index contributed by atoms with van der Waals surface area (Å²) in [6.07, 6.45) is 6.01. The fourth-order valence-electron chi connectivity index (χ4n) is 2.81. The van der Waals surface area contributed by atoms with Crippen LogP contribution in [-0.4, -0.2) is 39.9 Å². The summed E-state index contributed by atoms with van der Waals surface area (Å²) in [4.78, 5) is 16.3. The summed E-state index contributed by atoms with van der Waals surface area (Å²) in [5.74, 6) is -0.0259. The van der Waals surface area contributed by atoms with Crippen LogP contribution in [0.4, 0.5) is 0 Å². The van der Waals surface area contributed by atoms with Crippen molar-refractivity contribution in [1.29, 1.82) is 0 Å².